The lowest BCUT2D eigenvalue weighted by Crippen LogP contribution is -2.38. The minimum absolute atomic E-state index is 0.0219. The Hall–Kier alpha value is -3.33. The number of hydrogen-bond acceptors (Lipinski definition) is 3. The van der Waals surface area contributed by atoms with Crippen LogP contribution in [0, 0.1) is 20.8 Å². The molecule has 5 nitrogen and oxygen atoms in total. The van der Waals surface area contributed by atoms with Gasteiger partial charge >= 0.3 is 6.18 Å². The van der Waals surface area contributed by atoms with Gasteiger partial charge in [0.05, 0.1) is 16.1 Å². The highest BCUT2D eigenvalue weighted by atomic mass is 32.2. The fourth-order valence-corrected chi connectivity index (χ4v) is 4.52. The van der Waals surface area contributed by atoms with Crippen LogP contribution in [0.5, 0.6) is 0 Å². The summed E-state index contributed by atoms with van der Waals surface area (Å²) in [6, 6.07) is 15.2. The SMILES string of the molecule is Cc1ccc(S(=O)(=O)N(CC(=O)Nc2ccc(C(F)(F)F)cc2)c2ccc(C)c(C)c2)cc1. The molecule has 3 rings (SSSR count). The number of carbonyl (C=O) groups is 1. The van der Waals surface area contributed by atoms with Crippen molar-refractivity contribution in [1.82, 2.24) is 0 Å². The molecule has 33 heavy (non-hydrogen) atoms. The van der Waals surface area contributed by atoms with Crippen LogP contribution in [0.3, 0.4) is 0 Å². The van der Waals surface area contributed by atoms with E-state index in [1.807, 2.05) is 20.8 Å². The third-order valence-corrected chi connectivity index (χ3v) is 6.96. The smallest absolute Gasteiger partial charge is 0.325 e. The van der Waals surface area contributed by atoms with Crippen molar-refractivity contribution >= 4 is 27.3 Å². The van der Waals surface area contributed by atoms with E-state index >= 15 is 0 Å². The molecule has 0 unspecified atom stereocenters. The zero-order chi connectivity index (χ0) is 24.4. The van der Waals surface area contributed by atoms with E-state index in [4.69, 9.17) is 0 Å². The van der Waals surface area contributed by atoms with Gasteiger partial charge in [0, 0.05) is 5.69 Å². The molecule has 1 N–H and O–H groups in total. The Balaban J connectivity index is 1.91. The van der Waals surface area contributed by atoms with Gasteiger partial charge in [0.25, 0.3) is 10.0 Å². The quantitative estimate of drug-likeness (QED) is 0.514. The third kappa shape index (κ3) is 5.73. The molecule has 3 aromatic rings. The van der Waals surface area contributed by atoms with E-state index in [9.17, 15) is 26.4 Å². The number of halogens is 3. The van der Waals surface area contributed by atoms with E-state index in [0.717, 1.165) is 45.3 Å². The summed E-state index contributed by atoms with van der Waals surface area (Å²) in [5.74, 6) is -0.691. The Bertz CT molecular complexity index is 1250. The van der Waals surface area contributed by atoms with Crippen molar-refractivity contribution in [2.45, 2.75) is 31.8 Å². The van der Waals surface area contributed by atoms with E-state index in [2.05, 4.69) is 5.32 Å². The van der Waals surface area contributed by atoms with Gasteiger partial charge in [-0.15, -0.1) is 0 Å². The molecule has 1 amide bonds. The second-order valence-corrected chi connectivity index (χ2v) is 9.58. The topological polar surface area (TPSA) is 66.5 Å². The number of rotatable bonds is 6. The van der Waals surface area contributed by atoms with Crippen LogP contribution in [0.25, 0.3) is 0 Å². The Morgan fingerprint density at radius 3 is 2.03 bits per heavy atom. The first-order chi connectivity index (χ1) is 15.4. The van der Waals surface area contributed by atoms with Crippen molar-refractivity contribution in [3.8, 4) is 0 Å². The molecule has 0 aliphatic rings. The van der Waals surface area contributed by atoms with Gasteiger partial charge in [-0.25, -0.2) is 8.42 Å². The van der Waals surface area contributed by atoms with E-state index in [-0.39, 0.29) is 10.6 Å². The van der Waals surface area contributed by atoms with Crippen molar-refractivity contribution in [2.24, 2.45) is 0 Å². The Kier molecular flexibility index (Phi) is 6.83. The van der Waals surface area contributed by atoms with Gasteiger partial charge in [-0.2, -0.15) is 13.2 Å². The highest BCUT2D eigenvalue weighted by molar-refractivity contribution is 7.92. The molecule has 3 aromatic carbocycles. The van der Waals surface area contributed by atoms with Crippen LogP contribution in [-0.2, 0) is 21.0 Å². The number of amides is 1. The van der Waals surface area contributed by atoms with Crippen LogP contribution in [0.15, 0.2) is 71.6 Å². The molecule has 174 valence electrons. The summed E-state index contributed by atoms with van der Waals surface area (Å²) < 4.78 is 66.1. The van der Waals surface area contributed by atoms with Crippen LogP contribution in [-0.4, -0.2) is 20.9 Å². The van der Waals surface area contributed by atoms with Crippen LogP contribution >= 0.6 is 0 Å². The lowest BCUT2D eigenvalue weighted by Gasteiger charge is -2.25. The van der Waals surface area contributed by atoms with Crippen LogP contribution in [0.1, 0.15) is 22.3 Å². The van der Waals surface area contributed by atoms with Gasteiger partial charge in [0.15, 0.2) is 0 Å². The maximum atomic E-state index is 13.4. The number of benzene rings is 3. The number of hydrogen-bond donors (Lipinski definition) is 1. The van der Waals surface area contributed by atoms with Gasteiger partial charge in [-0.1, -0.05) is 23.8 Å². The predicted octanol–water partition coefficient (Wildman–Crippen LogP) is 5.46. The van der Waals surface area contributed by atoms with Gasteiger partial charge in [-0.05, 0) is 80.4 Å². The number of aryl methyl sites for hydroxylation is 3. The van der Waals surface area contributed by atoms with E-state index in [1.165, 1.54) is 12.1 Å². The molecular formula is C24H23F3N2O3S. The first kappa shape index (κ1) is 24.3. The van der Waals surface area contributed by atoms with Gasteiger partial charge < -0.3 is 5.32 Å². The molecule has 0 radical (unpaired) electrons. The standard InChI is InChI=1S/C24H23F3N2O3S/c1-16-4-12-22(13-5-16)33(31,32)29(21-11-6-17(2)18(3)14-21)15-23(30)28-20-9-7-19(8-10-20)24(25,26)27/h4-14H,15H2,1-3H3,(H,28,30). The van der Waals surface area contributed by atoms with Crippen LogP contribution < -0.4 is 9.62 Å². The van der Waals surface area contributed by atoms with Crippen LogP contribution in [0.2, 0.25) is 0 Å². The molecule has 0 saturated carbocycles. The van der Waals surface area contributed by atoms with Crippen molar-refractivity contribution in [3.05, 3.63) is 89.0 Å². The maximum Gasteiger partial charge on any atom is 0.416 e. The maximum absolute atomic E-state index is 13.4. The fourth-order valence-electron chi connectivity index (χ4n) is 3.11. The summed E-state index contributed by atoms with van der Waals surface area (Å²) in [4.78, 5) is 12.7. The van der Waals surface area contributed by atoms with Crippen molar-refractivity contribution in [3.63, 3.8) is 0 Å². The molecule has 0 atom stereocenters. The number of alkyl halides is 3. The van der Waals surface area contributed by atoms with Gasteiger partial charge in [0.1, 0.15) is 6.54 Å². The summed E-state index contributed by atoms with van der Waals surface area (Å²) in [5, 5.41) is 2.47. The predicted molar refractivity (Wildman–Crippen MR) is 122 cm³/mol. The summed E-state index contributed by atoms with van der Waals surface area (Å²) >= 11 is 0. The highest BCUT2D eigenvalue weighted by Crippen LogP contribution is 2.30. The molecule has 0 spiro atoms. The molecule has 0 bridgehead atoms. The first-order valence-corrected chi connectivity index (χ1v) is 11.5. The number of nitrogens with zero attached hydrogens (tertiary/aromatic N) is 1. The lowest BCUT2D eigenvalue weighted by molar-refractivity contribution is -0.137. The number of carbonyl (C=O) groups excluding carboxylic acids is 1. The monoisotopic (exact) mass is 476 g/mol. The molecule has 0 heterocycles. The van der Waals surface area contributed by atoms with Crippen molar-refractivity contribution < 1.29 is 26.4 Å². The third-order valence-electron chi connectivity index (χ3n) is 5.17. The summed E-state index contributed by atoms with van der Waals surface area (Å²) in [5.41, 5.74) is 2.27. The fraction of sp³-hybridized carbons (Fsp3) is 0.208. The van der Waals surface area contributed by atoms with E-state index in [0.29, 0.717) is 5.69 Å². The number of sulfonamides is 1. The highest BCUT2D eigenvalue weighted by Gasteiger charge is 2.30. The molecular weight excluding hydrogens is 453 g/mol. The number of nitrogens with one attached hydrogen (secondary N) is 1. The Morgan fingerprint density at radius 1 is 0.879 bits per heavy atom. The first-order valence-electron chi connectivity index (χ1n) is 10.0. The molecule has 0 aliphatic heterocycles. The van der Waals surface area contributed by atoms with Gasteiger partial charge in [0.2, 0.25) is 5.91 Å². The zero-order valence-corrected chi connectivity index (χ0v) is 19.1. The molecule has 9 heteroatoms. The second-order valence-electron chi connectivity index (χ2n) is 7.72. The Labute approximate surface area is 190 Å². The van der Waals surface area contributed by atoms with E-state index in [1.54, 1.807) is 30.3 Å². The Morgan fingerprint density at radius 2 is 1.48 bits per heavy atom. The largest absolute Gasteiger partial charge is 0.416 e. The van der Waals surface area contributed by atoms with Crippen LogP contribution in [0.4, 0.5) is 24.5 Å². The summed E-state index contributed by atoms with van der Waals surface area (Å²) in [6.45, 7) is 4.99. The molecule has 0 fully saturated rings. The molecule has 0 aliphatic carbocycles. The molecule has 0 aromatic heterocycles. The lowest BCUT2D eigenvalue weighted by atomic mass is 10.1. The average Bonchev–Trinajstić information content (AvgIpc) is 2.74. The molecule has 0 saturated heterocycles. The summed E-state index contributed by atoms with van der Waals surface area (Å²) in [6.07, 6.45) is -4.50. The number of anilines is 2. The normalized spacial score (nSPS) is 11.8. The van der Waals surface area contributed by atoms with Crippen molar-refractivity contribution in [1.29, 1.82) is 0 Å². The zero-order valence-electron chi connectivity index (χ0n) is 18.3. The minimum Gasteiger partial charge on any atom is -0.325 e. The summed E-state index contributed by atoms with van der Waals surface area (Å²) in [7, 11) is -4.09. The average molecular weight is 477 g/mol. The minimum atomic E-state index is -4.50. The van der Waals surface area contributed by atoms with Crippen molar-refractivity contribution in [2.75, 3.05) is 16.2 Å². The second kappa shape index (κ2) is 9.27. The van der Waals surface area contributed by atoms with Gasteiger partial charge in [-0.3, -0.25) is 9.10 Å². The van der Waals surface area contributed by atoms with E-state index < -0.39 is 34.2 Å².